The Morgan fingerprint density at radius 3 is 2.50 bits per heavy atom. The summed E-state index contributed by atoms with van der Waals surface area (Å²) in [5.74, 6) is -1.75. The van der Waals surface area contributed by atoms with Crippen molar-refractivity contribution in [1.29, 1.82) is 0 Å². The molecule has 0 radical (unpaired) electrons. The van der Waals surface area contributed by atoms with Crippen LogP contribution < -0.4 is 0 Å². The third-order valence-corrected chi connectivity index (χ3v) is 8.42. The second kappa shape index (κ2) is 10.4. The summed E-state index contributed by atoms with van der Waals surface area (Å²) in [7, 11) is 0. The number of fused-ring (bicyclic) bond motifs is 2. The number of non-ortho nitro benzene ring substituents is 1. The molecule has 0 bridgehead atoms. The Bertz CT molecular complexity index is 1710. The lowest BCUT2D eigenvalue weighted by Gasteiger charge is -2.34. The van der Waals surface area contributed by atoms with E-state index in [0.717, 1.165) is 0 Å². The smallest absolute Gasteiger partial charge is 0.338 e. The van der Waals surface area contributed by atoms with Gasteiger partial charge in [0.15, 0.2) is 18.1 Å². The zero-order valence-electron chi connectivity index (χ0n) is 22.4. The molecule has 0 N–H and O–H groups in total. The van der Waals surface area contributed by atoms with Crippen LogP contribution in [0.15, 0.2) is 61.1 Å². The van der Waals surface area contributed by atoms with Crippen molar-refractivity contribution in [2.75, 3.05) is 0 Å². The first-order valence-corrected chi connectivity index (χ1v) is 13.9. The molecule has 2 aliphatic heterocycles. The first kappa shape index (κ1) is 28.8. The topological polar surface area (TPSA) is 128 Å². The molecule has 2 aliphatic rings. The number of carbonyl (C=O) groups excluding carboxylic acids is 1. The van der Waals surface area contributed by atoms with Gasteiger partial charge in [-0.25, -0.2) is 14.8 Å². The zero-order chi connectivity index (χ0) is 30.0. The van der Waals surface area contributed by atoms with Crippen LogP contribution in [-0.2, 0) is 18.9 Å². The lowest BCUT2D eigenvalue weighted by atomic mass is 9.88. The first-order valence-electron chi connectivity index (χ1n) is 12.8. The van der Waals surface area contributed by atoms with Gasteiger partial charge in [-0.3, -0.25) is 10.1 Å². The van der Waals surface area contributed by atoms with Crippen molar-refractivity contribution in [1.82, 2.24) is 14.5 Å². The van der Waals surface area contributed by atoms with Crippen LogP contribution in [0.25, 0.3) is 11.0 Å². The van der Waals surface area contributed by atoms with Crippen molar-refractivity contribution in [2.24, 2.45) is 0 Å². The van der Waals surface area contributed by atoms with Gasteiger partial charge in [-0.2, -0.15) is 0 Å². The van der Waals surface area contributed by atoms with E-state index in [0.29, 0.717) is 21.6 Å². The average molecular weight is 634 g/mol. The molecule has 5 atom stereocenters. The molecule has 0 unspecified atom stereocenters. The van der Waals surface area contributed by atoms with E-state index in [9.17, 15) is 14.9 Å². The lowest BCUT2D eigenvalue weighted by Crippen LogP contribution is -2.47. The van der Waals surface area contributed by atoms with Crippen molar-refractivity contribution in [3.8, 4) is 0 Å². The third-order valence-electron chi connectivity index (χ3n) is 7.38. The van der Waals surface area contributed by atoms with Crippen LogP contribution in [0.1, 0.15) is 49.0 Å². The summed E-state index contributed by atoms with van der Waals surface area (Å²) in [4.78, 5) is 32.5. The number of nitro groups is 1. The number of benzene rings is 2. The molecule has 2 aromatic heterocycles. The summed E-state index contributed by atoms with van der Waals surface area (Å²) in [5.41, 5.74) is -0.194. The maximum absolute atomic E-state index is 13.4. The number of halogens is 3. The number of aromatic nitrogens is 3. The van der Waals surface area contributed by atoms with E-state index in [-0.39, 0.29) is 21.4 Å². The van der Waals surface area contributed by atoms with Crippen LogP contribution in [0, 0.1) is 10.1 Å². The Morgan fingerprint density at radius 1 is 1.07 bits per heavy atom. The fourth-order valence-electron chi connectivity index (χ4n) is 5.58. The number of nitrogens with zero attached hydrogens (tertiary/aromatic N) is 4. The highest BCUT2D eigenvalue weighted by Gasteiger charge is 2.66. The molecule has 0 aliphatic carbocycles. The number of hydrogen-bond acceptors (Lipinski definition) is 9. The van der Waals surface area contributed by atoms with Crippen molar-refractivity contribution in [3.05, 3.63) is 97.5 Å². The molecule has 218 valence electrons. The molecule has 2 fully saturated rings. The average Bonchev–Trinajstić information content (AvgIpc) is 3.56. The molecule has 2 saturated heterocycles. The van der Waals surface area contributed by atoms with Crippen LogP contribution in [0.5, 0.6) is 0 Å². The normalized spacial score (nSPS) is 25.3. The van der Waals surface area contributed by atoms with Crippen LogP contribution in [0.4, 0.5) is 5.69 Å². The second-order valence-corrected chi connectivity index (χ2v) is 11.8. The van der Waals surface area contributed by atoms with Crippen molar-refractivity contribution < 1.29 is 28.7 Å². The van der Waals surface area contributed by atoms with Crippen LogP contribution in [0.3, 0.4) is 0 Å². The largest absolute Gasteiger partial charge is 0.451 e. The van der Waals surface area contributed by atoms with Crippen LogP contribution >= 0.6 is 34.8 Å². The fourth-order valence-corrected chi connectivity index (χ4v) is 6.08. The Labute approximate surface area is 254 Å². The number of carbonyl (C=O) groups is 1. The highest BCUT2D eigenvalue weighted by molar-refractivity contribution is 6.42. The number of rotatable bonds is 6. The SMILES string of the molecule is CC1(C)O[C@H]2[C@H](n3ccc4c(Cl)ncnc43)O[C@H]([C@@H](OC(=O)c3ccc([N+](=O)[O-])cc3)c3ccc(Cl)c(Cl)c3)[C@@]2(C)O1. The van der Waals surface area contributed by atoms with E-state index < -0.39 is 46.8 Å². The Balaban J connectivity index is 1.44. The molecule has 42 heavy (non-hydrogen) atoms. The van der Waals surface area contributed by atoms with Gasteiger partial charge in [-0.15, -0.1) is 0 Å². The highest BCUT2D eigenvalue weighted by Crippen LogP contribution is 2.54. The molecule has 0 spiro atoms. The summed E-state index contributed by atoms with van der Waals surface area (Å²) in [6, 6.07) is 11.7. The first-order chi connectivity index (χ1) is 19.9. The quantitative estimate of drug-likeness (QED) is 0.0985. The van der Waals surface area contributed by atoms with E-state index in [1.165, 1.54) is 30.6 Å². The third kappa shape index (κ3) is 4.89. The second-order valence-electron chi connectivity index (χ2n) is 10.6. The van der Waals surface area contributed by atoms with Gasteiger partial charge < -0.3 is 23.5 Å². The van der Waals surface area contributed by atoms with Crippen molar-refractivity contribution in [2.45, 2.75) is 56.7 Å². The van der Waals surface area contributed by atoms with Crippen molar-refractivity contribution in [3.63, 3.8) is 0 Å². The van der Waals surface area contributed by atoms with Gasteiger partial charge in [0.1, 0.15) is 34.9 Å². The summed E-state index contributed by atoms with van der Waals surface area (Å²) >= 11 is 18.9. The van der Waals surface area contributed by atoms with E-state index in [2.05, 4.69) is 9.97 Å². The maximum atomic E-state index is 13.4. The molecule has 4 heterocycles. The summed E-state index contributed by atoms with van der Waals surface area (Å²) in [5, 5.41) is 12.6. The van der Waals surface area contributed by atoms with E-state index in [1.54, 1.807) is 48.9 Å². The lowest BCUT2D eigenvalue weighted by molar-refractivity contribution is -0.384. The molecule has 14 heteroatoms. The maximum Gasteiger partial charge on any atom is 0.338 e. The molecule has 11 nitrogen and oxygen atoms in total. The molecule has 4 aromatic rings. The molecule has 2 aromatic carbocycles. The van der Waals surface area contributed by atoms with Gasteiger partial charge in [-0.05, 0) is 56.7 Å². The molecule has 0 amide bonds. The van der Waals surface area contributed by atoms with Gasteiger partial charge in [0.25, 0.3) is 5.69 Å². The van der Waals surface area contributed by atoms with Crippen LogP contribution in [-0.4, -0.2) is 49.0 Å². The predicted molar refractivity (Wildman–Crippen MR) is 153 cm³/mol. The minimum atomic E-state index is -1.14. The summed E-state index contributed by atoms with van der Waals surface area (Å²) in [6.07, 6.45) is -0.322. The molecule has 0 saturated carbocycles. The molecule has 6 rings (SSSR count). The number of nitro benzene ring substituents is 1. The summed E-state index contributed by atoms with van der Waals surface area (Å²) in [6.45, 7) is 5.40. The van der Waals surface area contributed by atoms with Crippen LogP contribution in [0.2, 0.25) is 15.2 Å². The van der Waals surface area contributed by atoms with Gasteiger partial charge in [0.2, 0.25) is 0 Å². The predicted octanol–water partition coefficient (Wildman–Crippen LogP) is 6.71. The van der Waals surface area contributed by atoms with E-state index >= 15 is 0 Å². The monoisotopic (exact) mass is 632 g/mol. The standard InChI is InChI=1S/C28H23Cl3N4O7/c1-27(2)41-22-25(34-11-10-17-23(31)32-13-33-24(17)34)40-21(28(22,3)42-27)20(15-6-9-18(29)19(30)12-15)39-26(36)14-4-7-16(8-5-14)35(37)38/h4-13,20-22,25H,1-3H3/t20-,21+,22-,25+,28+/m0/s1. The fraction of sp³-hybridized carbons (Fsp3) is 0.321. The van der Waals surface area contributed by atoms with Crippen molar-refractivity contribution >= 4 is 57.5 Å². The minimum absolute atomic E-state index is 0.105. The summed E-state index contributed by atoms with van der Waals surface area (Å²) < 4.78 is 27.4. The van der Waals surface area contributed by atoms with Gasteiger partial charge in [0, 0.05) is 18.3 Å². The molecular weight excluding hydrogens is 611 g/mol. The Hall–Kier alpha value is -3.32. The zero-order valence-corrected chi connectivity index (χ0v) is 24.6. The number of esters is 1. The van der Waals surface area contributed by atoms with E-state index in [4.69, 9.17) is 53.8 Å². The number of ether oxygens (including phenoxy) is 4. The van der Waals surface area contributed by atoms with Gasteiger partial charge in [0.05, 0.1) is 25.9 Å². The van der Waals surface area contributed by atoms with Gasteiger partial charge in [-0.1, -0.05) is 40.9 Å². The highest BCUT2D eigenvalue weighted by atomic mass is 35.5. The number of hydrogen-bond donors (Lipinski definition) is 0. The van der Waals surface area contributed by atoms with Gasteiger partial charge >= 0.3 is 5.97 Å². The Kier molecular flexibility index (Phi) is 7.16. The minimum Gasteiger partial charge on any atom is -0.451 e. The molecular formula is C28H23Cl3N4O7. The van der Waals surface area contributed by atoms with E-state index in [1.807, 2.05) is 6.92 Å². The Morgan fingerprint density at radius 2 is 1.81 bits per heavy atom.